The number of hydrogen-bond donors (Lipinski definition) is 3. The van der Waals surface area contributed by atoms with Crippen LogP contribution in [0.1, 0.15) is 40.9 Å². The van der Waals surface area contributed by atoms with Crippen molar-refractivity contribution in [1.29, 1.82) is 0 Å². The summed E-state index contributed by atoms with van der Waals surface area (Å²) in [6, 6.07) is 6.16. The molecule has 1 amide bonds. The Kier molecular flexibility index (Phi) is 5.03. The number of carbonyl (C=O) groups excluding carboxylic acids is 1. The topological polar surface area (TPSA) is 143 Å². The number of amides is 1. The van der Waals surface area contributed by atoms with E-state index in [0.29, 0.717) is 10.4 Å². The van der Waals surface area contributed by atoms with Crippen molar-refractivity contribution >= 4 is 40.8 Å². The highest BCUT2D eigenvalue weighted by Gasteiger charge is 2.51. The van der Waals surface area contributed by atoms with E-state index in [0.717, 1.165) is 36.1 Å². The number of fused-ring (bicyclic) bond motifs is 2. The lowest BCUT2D eigenvalue weighted by molar-refractivity contribution is -0.123. The number of aromatic carboxylic acids is 1. The molecule has 1 aliphatic carbocycles. The number of aromatic amines is 1. The molecule has 0 unspecified atom stereocenters. The fraction of sp³-hybridized carbons (Fsp3) is 0.227. The molecule has 1 fully saturated rings. The van der Waals surface area contributed by atoms with Gasteiger partial charge in [-0.15, -0.1) is 0 Å². The molecule has 3 N–H and O–H groups in total. The van der Waals surface area contributed by atoms with E-state index in [1.807, 2.05) is 11.9 Å². The van der Waals surface area contributed by atoms with E-state index in [9.17, 15) is 19.2 Å². The van der Waals surface area contributed by atoms with Crippen LogP contribution in [0.25, 0.3) is 5.69 Å². The average Bonchev–Trinajstić information content (AvgIpc) is 3.03. The Morgan fingerprint density at radius 1 is 1.15 bits per heavy atom. The lowest BCUT2D eigenvalue weighted by Gasteiger charge is -2.36. The number of nitrogens with zero attached hydrogens (tertiary/aromatic N) is 2. The summed E-state index contributed by atoms with van der Waals surface area (Å²) >= 11 is 12.8. The summed E-state index contributed by atoms with van der Waals surface area (Å²) < 4.78 is 6.65. The summed E-state index contributed by atoms with van der Waals surface area (Å²) in [5.41, 5.74) is -0.958. The van der Waals surface area contributed by atoms with E-state index >= 15 is 0 Å². The van der Waals surface area contributed by atoms with E-state index in [2.05, 4.69) is 10.4 Å². The largest absolute Gasteiger partial charge is 0.476 e. The fourth-order valence-corrected chi connectivity index (χ4v) is 4.89. The van der Waals surface area contributed by atoms with Gasteiger partial charge in [-0.3, -0.25) is 14.6 Å². The monoisotopic (exact) mass is 502 g/mol. The Hall–Kier alpha value is -3.63. The molecule has 2 heterocycles. The van der Waals surface area contributed by atoms with Crippen LogP contribution in [0.3, 0.4) is 0 Å². The maximum absolute atomic E-state index is 12.6. The van der Waals surface area contributed by atoms with E-state index in [1.54, 1.807) is 12.1 Å². The summed E-state index contributed by atoms with van der Waals surface area (Å²) in [6.45, 7) is 1.87. The van der Waals surface area contributed by atoms with Gasteiger partial charge in [0, 0.05) is 5.69 Å². The van der Waals surface area contributed by atoms with Gasteiger partial charge in [0.2, 0.25) is 11.6 Å². The molecule has 0 atom stereocenters. The summed E-state index contributed by atoms with van der Waals surface area (Å²) in [4.78, 5) is 49.5. The zero-order chi connectivity index (χ0) is 24.4. The van der Waals surface area contributed by atoms with Crippen molar-refractivity contribution in [2.45, 2.75) is 31.6 Å². The molecule has 3 aromatic rings. The highest BCUT2D eigenvalue weighted by atomic mass is 35.5. The third kappa shape index (κ3) is 3.29. The number of benzene rings is 2. The molecule has 1 saturated carbocycles. The van der Waals surface area contributed by atoms with Gasteiger partial charge >= 0.3 is 11.7 Å². The molecule has 1 spiro atoms. The highest BCUT2D eigenvalue weighted by molar-refractivity contribution is 6.37. The number of rotatable bonds is 4. The van der Waals surface area contributed by atoms with Crippen molar-refractivity contribution in [3.8, 4) is 17.2 Å². The zero-order valence-corrected chi connectivity index (χ0v) is 19.1. The van der Waals surface area contributed by atoms with Gasteiger partial charge in [0.1, 0.15) is 5.75 Å². The van der Waals surface area contributed by atoms with Crippen molar-refractivity contribution in [3.63, 3.8) is 0 Å². The van der Waals surface area contributed by atoms with Crippen LogP contribution in [0, 0.1) is 6.92 Å². The predicted octanol–water partition coefficient (Wildman–Crippen LogP) is 3.40. The lowest BCUT2D eigenvalue weighted by atomic mass is 9.65. The lowest BCUT2D eigenvalue weighted by Crippen LogP contribution is -2.40. The molecule has 2 aromatic carbocycles. The Bertz CT molecular complexity index is 1500. The second-order valence-corrected chi connectivity index (χ2v) is 9.03. The second-order valence-electron chi connectivity index (χ2n) is 8.22. The minimum Gasteiger partial charge on any atom is -0.476 e. The Morgan fingerprint density at radius 2 is 1.82 bits per heavy atom. The first kappa shape index (κ1) is 22.2. The van der Waals surface area contributed by atoms with Crippen LogP contribution in [-0.2, 0) is 10.2 Å². The molecule has 10 nitrogen and oxygen atoms in total. The first-order valence-electron chi connectivity index (χ1n) is 10.2. The van der Waals surface area contributed by atoms with Gasteiger partial charge in [-0.2, -0.15) is 9.78 Å². The number of anilines is 1. The number of H-pyrrole nitrogens is 1. The minimum atomic E-state index is -1.60. The van der Waals surface area contributed by atoms with Gasteiger partial charge in [0.25, 0.3) is 5.56 Å². The Labute approximate surface area is 201 Å². The van der Waals surface area contributed by atoms with Crippen molar-refractivity contribution in [1.82, 2.24) is 14.8 Å². The number of carboxylic acid groups (broad SMARTS) is 1. The van der Waals surface area contributed by atoms with E-state index in [1.165, 1.54) is 12.1 Å². The second kappa shape index (κ2) is 7.71. The first-order valence-corrected chi connectivity index (χ1v) is 11.0. The van der Waals surface area contributed by atoms with Gasteiger partial charge in [-0.25, -0.2) is 9.59 Å². The average molecular weight is 503 g/mol. The fourth-order valence-electron chi connectivity index (χ4n) is 4.34. The van der Waals surface area contributed by atoms with Crippen LogP contribution >= 0.6 is 23.2 Å². The number of nitrogens with one attached hydrogen (secondary N) is 2. The summed E-state index contributed by atoms with van der Waals surface area (Å²) in [7, 11) is 0. The molecule has 1 aliphatic heterocycles. The number of ether oxygens (including phenoxy) is 1. The quantitative estimate of drug-likeness (QED) is 0.495. The van der Waals surface area contributed by atoms with E-state index in [-0.39, 0.29) is 27.4 Å². The van der Waals surface area contributed by atoms with Gasteiger partial charge in [0.05, 0.1) is 21.1 Å². The molecule has 2 aliphatic rings. The van der Waals surface area contributed by atoms with Crippen molar-refractivity contribution in [2.75, 3.05) is 5.32 Å². The number of aryl methyl sites for hydroxylation is 1. The van der Waals surface area contributed by atoms with Crippen molar-refractivity contribution in [3.05, 3.63) is 72.0 Å². The van der Waals surface area contributed by atoms with Crippen LogP contribution in [0.15, 0.2) is 33.9 Å². The van der Waals surface area contributed by atoms with Gasteiger partial charge in [-0.05, 0) is 55.2 Å². The number of carbonyl (C=O) groups is 2. The van der Waals surface area contributed by atoms with Gasteiger partial charge in [0.15, 0.2) is 5.75 Å². The predicted molar refractivity (Wildman–Crippen MR) is 123 cm³/mol. The molecule has 0 bridgehead atoms. The maximum Gasteiger partial charge on any atom is 0.362 e. The van der Waals surface area contributed by atoms with Crippen molar-refractivity contribution in [2.24, 2.45) is 0 Å². The van der Waals surface area contributed by atoms with E-state index < -0.39 is 28.3 Å². The van der Waals surface area contributed by atoms with Crippen LogP contribution < -0.4 is 21.3 Å². The zero-order valence-electron chi connectivity index (χ0n) is 17.6. The standard InChI is InChI=1S/C22H16Cl2N4O6/c1-9-5-11(8-12-15(9)25-20(32)22(12)3-2-4-22)34-17-13(23)6-10(7-14(17)24)28-21(33)26-18(29)16(27-28)19(30)31/h5-8H,2-4H2,1H3,(H,25,32)(H,30,31)(H,26,29,33). The van der Waals surface area contributed by atoms with Gasteiger partial charge < -0.3 is 15.2 Å². The third-order valence-corrected chi connectivity index (χ3v) is 6.74. The Morgan fingerprint density at radius 3 is 2.41 bits per heavy atom. The molecule has 34 heavy (non-hydrogen) atoms. The number of hydrogen-bond acceptors (Lipinski definition) is 6. The van der Waals surface area contributed by atoms with Crippen LogP contribution in [0.2, 0.25) is 10.0 Å². The Balaban J connectivity index is 1.54. The number of halogens is 2. The smallest absolute Gasteiger partial charge is 0.362 e. The molecule has 0 saturated heterocycles. The third-order valence-electron chi connectivity index (χ3n) is 6.18. The van der Waals surface area contributed by atoms with Crippen LogP contribution in [0.5, 0.6) is 11.5 Å². The van der Waals surface area contributed by atoms with Gasteiger partial charge in [-0.1, -0.05) is 29.6 Å². The molecule has 1 aromatic heterocycles. The first-order chi connectivity index (χ1) is 16.1. The normalized spacial score (nSPS) is 15.6. The summed E-state index contributed by atoms with van der Waals surface area (Å²) in [5, 5.41) is 15.7. The molecular formula is C22H16Cl2N4O6. The van der Waals surface area contributed by atoms with E-state index in [4.69, 9.17) is 33.0 Å². The molecule has 174 valence electrons. The van der Waals surface area contributed by atoms with Crippen LogP contribution in [-0.4, -0.2) is 31.7 Å². The molecular weight excluding hydrogens is 487 g/mol. The van der Waals surface area contributed by atoms with Crippen molar-refractivity contribution < 1.29 is 19.4 Å². The molecule has 5 rings (SSSR count). The highest BCUT2D eigenvalue weighted by Crippen LogP contribution is 2.53. The molecule has 12 heteroatoms. The number of carboxylic acids is 1. The maximum atomic E-state index is 12.6. The summed E-state index contributed by atoms with van der Waals surface area (Å²) in [5.74, 6) is -1.07. The summed E-state index contributed by atoms with van der Waals surface area (Å²) in [6.07, 6.45) is 2.51. The number of aromatic nitrogens is 3. The van der Waals surface area contributed by atoms with Crippen LogP contribution in [0.4, 0.5) is 5.69 Å². The minimum absolute atomic E-state index is 0.00556. The molecule has 0 radical (unpaired) electrons. The SMILES string of the molecule is Cc1cc(Oc2c(Cl)cc(-n3nc(C(=O)O)c(=O)[nH]c3=O)cc2Cl)cc2c1NC(=O)C21CCC1.